The molecule has 1 aromatic carbocycles. The van der Waals surface area contributed by atoms with Crippen LogP contribution < -0.4 is 4.90 Å². The van der Waals surface area contributed by atoms with Crippen molar-refractivity contribution in [3.05, 3.63) is 45.7 Å². The van der Waals surface area contributed by atoms with Gasteiger partial charge in [0, 0.05) is 26.1 Å². The summed E-state index contributed by atoms with van der Waals surface area (Å²) in [5, 5.41) is 18.9. The molecule has 2 heterocycles. The molecule has 0 spiro atoms. The molecule has 9 nitrogen and oxygen atoms in total. The average molecular weight is 360 g/mol. The highest BCUT2D eigenvalue weighted by Crippen LogP contribution is 2.32. The Hall–Kier alpha value is -2.97. The van der Waals surface area contributed by atoms with Crippen LogP contribution in [0.2, 0.25) is 0 Å². The third-order valence-corrected chi connectivity index (χ3v) is 4.30. The van der Waals surface area contributed by atoms with Crippen molar-refractivity contribution in [2.45, 2.75) is 33.3 Å². The number of nitro benzene ring substituents is 1. The molecular weight excluding hydrogens is 340 g/mol. The van der Waals surface area contributed by atoms with E-state index in [1.165, 1.54) is 6.07 Å². The van der Waals surface area contributed by atoms with Gasteiger partial charge in [-0.1, -0.05) is 6.92 Å². The lowest BCUT2D eigenvalue weighted by molar-refractivity contribution is -0.384. The van der Waals surface area contributed by atoms with Crippen molar-refractivity contribution in [1.29, 1.82) is 0 Å². The van der Waals surface area contributed by atoms with Crippen molar-refractivity contribution >= 4 is 17.3 Å². The Labute approximate surface area is 150 Å². The van der Waals surface area contributed by atoms with Gasteiger partial charge in [0.2, 0.25) is 5.89 Å². The van der Waals surface area contributed by atoms with Crippen LogP contribution in [0.3, 0.4) is 0 Å². The van der Waals surface area contributed by atoms with Gasteiger partial charge >= 0.3 is 5.97 Å². The van der Waals surface area contributed by atoms with Crippen LogP contribution in [-0.2, 0) is 11.3 Å². The van der Waals surface area contributed by atoms with Crippen LogP contribution in [0.5, 0.6) is 0 Å². The lowest BCUT2D eigenvalue weighted by atomic mass is 9.99. The second kappa shape index (κ2) is 7.51. The van der Waals surface area contributed by atoms with E-state index in [1.54, 1.807) is 19.1 Å². The lowest BCUT2D eigenvalue weighted by Gasteiger charge is -2.32. The molecule has 138 valence electrons. The molecule has 1 aliphatic rings. The number of ether oxygens (including phenoxy) is 1. The summed E-state index contributed by atoms with van der Waals surface area (Å²) < 4.78 is 10.2. The molecule has 1 atom stereocenters. The second-order valence-electron chi connectivity index (χ2n) is 6.44. The number of hydrogen-bond acceptors (Lipinski definition) is 8. The zero-order valence-electron chi connectivity index (χ0n) is 14.7. The molecule has 0 amide bonds. The van der Waals surface area contributed by atoms with Gasteiger partial charge in [-0.15, -0.1) is 10.2 Å². The van der Waals surface area contributed by atoms with E-state index >= 15 is 0 Å². The standard InChI is InChI=1S/C17H20N4O5/c1-11-4-3-7-20(9-11)14-6-5-13(8-15(14)21(23)24)17(22)25-10-16-19-18-12(2)26-16/h5-6,8,11H,3-4,7,9-10H2,1-2H3/t11-/m1/s1. The molecule has 0 bridgehead atoms. The molecule has 1 fully saturated rings. The fourth-order valence-corrected chi connectivity index (χ4v) is 3.08. The van der Waals surface area contributed by atoms with Gasteiger partial charge in [0.15, 0.2) is 6.61 Å². The maximum Gasteiger partial charge on any atom is 0.338 e. The number of hydrogen-bond donors (Lipinski definition) is 0. The fraction of sp³-hybridized carbons (Fsp3) is 0.471. The van der Waals surface area contributed by atoms with Crippen LogP contribution in [0, 0.1) is 23.0 Å². The summed E-state index contributed by atoms with van der Waals surface area (Å²) in [5.41, 5.74) is 0.551. The Morgan fingerprint density at radius 2 is 2.27 bits per heavy atom. The number of piperidine rings is 1. The van der Waals surface area contributed by atoms with Crippen LogP contribution in [0.25, 0.3) is 0 Å². The van der Waals surface area contributed by atoms with Crippen molar-refractivity contribution in [1.82, 2.24) is 10.2 Å². The summed E-state index contributed by atoms with van der Waals surface area (Å²) >= 11 is 0. The van der Waals surface area contributed by atoms with E-state index in [1.807, 2.05) is 4.90 Å². The minimum absolute atomic E-state index is 0.0952. The lowest BCUT2D eigenvalue weighted by Crippen LogP contribution is -2.34. The number of carbonyl (C=O) groups is 1. The predicted octanol–water partition coefficient (Wildman–Crippen LogP) is 2.88. The van der Waals surface area contributed by atoms with Gasteiger partial charge in [-0.25, -0.2) is 4.79 Å². The normalized spacial score (nSPS) is 17.2. The Morgan fingerprint density at radius 3 is 2.92 bits per heavy atom. The smallest absolute Gasteiger partial charge is 0.338 e. The first-order chi connectivity index (χ1) is 12.4. The molecule has 2 aromatic rings. The molecule has 9 heteroatoms. The van der Waals surface area contributed by atoms with Crippen molar-refractivity contribution < 1.29 is 18.9 Å². The number of nitrogens with zero attached hydrogens (tertiary/aromatic N) is 4. The molecule has 3 rings (SSSR count). The predicted molar refractivity (Wildman–Crippen MR) is 91.9 cm³/mol. The molecule has 1 saturated heterocycles. The van der Waals surface area contributed by atoms with E-state index in [4.69, 9.17) is 9.15 Å². The summed E-state index contributed by atoms with van der Waals surface area (Å²) in [6.45, 7) is 5.11. The quantitative estimate of drug-likeness (QED) is 0.454. The summed E-state index contributed by atoms with van der Waals surface area (Å²) in [6, 6.07) is 4.42. The zero-order valence-corrected chi connectivity index (χ0v) is 14.7. The summed E-state index contributed by atoms with van der Waals surface area (Å²) in [7, 11) is 0. The minimum Gasteiger partial charge on any atom is -0.452 e. The Bertz CT molecular complexity index is 819. The van der Waals surface area contributed by atoms with E-state index in [2.05, 4.69) is 17.1 Å². The van der Waals surface area contributed by atoms with Crippen molar-refractivity contribution in [2.24, 2.45) is 5.92 Å². The van der Waals surface area contributed by atoms with E-state index in [0.29, 0.717) is 17.5 Å². The Morgan fingerprint density at radius 1 is 1.46 bits per heavy atom. The van der Waals surface area contributed by atoms with Crippen LogP contribution in [-0.4, -0.2) is 34.2 Å². The number of rotatable bonds is 5. The van der Waals surface area contributed by atoms with Gasteiger partial charge in [0.25, 0.3) is 11.6 Å². The van der Waals surface area contributed by atoms with Crippen molar-refractivity contribution in [3.63, 3.8) is 0 Å². The molecule has 0 radical (unpaired) electrons. The molecule has 1 aliphatic heterocycles. The maximum atomic E-state index is 12.2. The molecular formula is C17H20N4O5. The van der Waals surface area contributed by atoms with Crippen LogP contribution in [0.15, 0.2) is 22.6 Å². The number of benzene rings is 1. The first-order valence-electron chi connectivity index (χ1n) is 8.43. The number of aromatic nitrogens is 2. The van der Waals surface area contributed by atoms with E-state index in [9.17, 15) is 14.9 Å². The molecule has 26 heavy (non-hydrogen) atoms. The highest BCUT2D eigenvalue weighted by atomic mass is 16.6. The van der Waals surface area contributed by atoms with Crippen LogP contribution >= 0.6 is 0 Å². The monoisotopic (exact) mass is 360 g/mol. The van der Waals surface area contributed by atoms with Crippen LogP contribution in [0.4, 0.5) is 11.4 Å². The zero-order chi connectivity index (χ0) is 18.7. The summed E-state index contributed by atoms with van der Waals surface area (Å²) in [5.74, 6) is 0.337. The van der Waals surface area contributed by atoms with Gasteiger partial charge in [-0.2, -0.15) is 0 Å². The van der Waals surface area contributed by atoms with E-state index in [0.717, 1.165) is 25.9 Å². The van der Waals surface area contributed by atoms with Gasteiger partial charge in [-0.3, -0.25) is 10.1 Å². The highest BCUT2D eigenvalue weighted by Gasteiger charge is 2.25. The second-order valence-corrected chi connectivity index (χ2v) is 6.44. The fourth-order valence-electron chi connectivity index (χ4n) is 3.08. The SMILES string of the molecule is Cc1nnc(COC(=O)c2ccc(N3CCC[C@@H](C)C3)c([N+](=O)[O-])c2)o1. The minimum atomic E-state index is -0.678. The van der Waals surface area contributed by atoms with E-state index in [-0.39, 0.29) is 23.7 Å². The first kappa shape index (κ1) is 17.8. The molecule has 0 aliphatic carbocycles. The molecule has 0 unspecified atom stereocenters. The van der Waals surface area contributed by atoms with Gasteiger partial charge < -0.3 is 14.1 Å². The molecule has 1 aromatic heterocycles. The number of aryl methyl sites for hydroxylation is 1. The Kier molecular flexibility index (Phi) is 5.15. The van der Waals surface area contributed by atoms with Crippen LogP contribution in [0.1, 0.15) is 41.9 Å². The Balaban J connectivity index is 1.77. The van der Waals surface area contributed by atoms with Crippen molar-refractivity contribution in [2.75, 3.05) is 18.0 Å². The number of carbonyl (C=O) groups excluding carboxylic acids is 1. The number of anilines is 1. The number of nitro groups is 1. The molecule has 0 saturated carbocycles. The third kappa shape index (κ3) is 3.98. The first-order valence-corrected chi connectivity index (χ1v) is 8.43. The largest absolute Gasteiger partial charge is 0.452 e. The summed E-state index contributed by atoms with van der Waals surface area (Å²) in [6.07, 6.45) is 2.11. The molecule has 0 N–H and O–H groups in total. The third-order valence-electron chi connectivity index (χ3n) is 4.30. The summed E-state index contributed by atoms with van der Waals surface area (Å²) in [4.78, 5) is 25.2. The van der Waals surface area contributed by atoms with Gasteiger partial charge in [-0.05, 0) is 30.9 Å². The highest BCUT2D eigenvalue weighted by molar-refractivity contribution is 5.91. The average Bonchev–Trinajstić information content (AvgIpc) is 3.04. The van der Waals surface area contributed by atoms with Gasteiger partial charge in [0.1, 0.15) is 5.69 Å². The van der Waals surface area contributed by atoms with Crippen molar-refractivity contribution in [3.8, 4) is 0 Å². The topological polar surface area (TPSA) is 112 Å². The van der Waals surface area contributed by atoms with Gasteiger partial charge in [0.05, 0.1) is 10.5 Å². The van der Waals surface area contributed by atoms with E-state index < -0.39 is 10.9 Å². The maximum absolute atomic E-state index is 12.2. The number of esters is 1.